The molecule has 2 aromatic carbocycles. The average molecular weight is 474 g/mol. The third-order valence-electron chi connectivity index (χ3n) is 5.83. The Hall–Kier alpha value is -2.91. The second-order valence-electron chi connectivity index (χ2n) is 8.49. The van der Waals surface area contributed by atoms with Crippen LogP contribution in [0.4, 0.5) is 0 Å². The minimum Gasteiger partial charge on any atom is -0.494 e. The summed E-state index contributed by atoms with van der Waals surface area (Å²) in [5, 5.41) is 2.89. The zero-order valence-electron chi connectivity index (χ0n) is 19.5. The monoisotopic (exact) mass is 473 g/mol. The first-order valence-corrected chi connectivity index (χ1v) is 12.7. The molecule has 0 unspecified atom stereocenters. The van der Waals surface area contributed by atoms with Gasteiger partial charge in [-0.3, -0.25) is 9.59 Å². The van der Waals surface area contributed by atoms with Crippen molar-refractivity contribution in [3.05, 3.63) is 65.2 Å². The molecular formula is C24H31N3O5S. The van der Waals surface area contributed by atoms with E-state index in [0.717, 1.165) is 27.3 Å². The first kappa shape index (κ1) is 24.7. The Morgan fingerprint density at radius 2 is 1.82 bits per heavy atom. The Kier molecular flexibility index (Phi) is 7.44. The largest absolute Gasteiger partial charge is 0.494 e. The topological polar surface area (TPSA) is 96.0 Å². The van der Waals surface area contributed by atoms with Crippen LogP contribution in [0.3, 0.4) is 0 Å². The third kappa shape index (κ3) is 5.72. The lowest BCUT2D eigenvalue weighted by atomic mass is 9.94. The first-order valence-electron chi connectivity index (χ1n) is 10.8. The van der Waals surface area contributed by atoms with E-state index >= 15 is 0 Å². The Labute approximate surface area is 195 Å². The Balaban J connectivity index is 1.91. The highest BCUT2D eigenvalue weighted by atomic mass is 32.2. The van der Waals surface area contributed by atoms with E-state index in [4.69, 9.17) is 4.74 Å². The molecule has 0 spiro atoms. The van der Waals surface area contributed by atoms with E-state index in [0.29, 0.717) is 12.4 Å². The lowest BCUT2D eigenvalue weighted by Crippen LogP contribution is -2.69. The summed E-state index contributed by atoms with van der Waals surface area (Å²) in [5.41, 5.74) is 1.37. The molecule has 0 saturated carbocycles. The van der Waals surface area contributed by atoms with E-state index in [9.17, 15) is 18.0 Å². The molecular weight excluding hydrogens is 442 g/mol. The number of rotatable bonds is 8. The summed E-state index contributed by atoms with van der Waals surface area (Å²) in [6, 6.07) is 15.1. The fourth-order valence-corrected chi connectivity index (χ4v) is 4.70. The molecule has 2 amide bonds. The van der Waals surface area contributed by atoms with Gasteiger partial charge in [-0.2, -0.15) is 4.31 Å². The summed E-state index contributed by atoms with van der Waals surface area (Å²) in [7, 11) is -3.67. The van der Waals surface area contributed by atoms with E-state index in [-0.39, 0.29) is 26.2 Å². The van der Waals surface area contributed by atoms with E-state index in [2.05, 4.69) is 5.32 Å². The van der Waals surface area contributed by atoms with Gasteiger partial charge in [0.1, 0.15) is 11.3 Å². The van der Waals surface area contributed by atoms with Crippen LogP contribution in [-0.2, 0) is 32.7 Å². The Morgan fingerprint density at radius 3 is 2.45 bits per heavy atom. The Morgan fingerprint density at radius 1 is 1.15 bits per heavy atom. The highest BCUT2D eigenvalue weighted by Gasteiger charge is 2.49. The molecule has 1 fully saturated rings. The number of ether oxygens (including phenoxy) is 1. The number of carbonyl (C=O) groups excluding carboxylic acids is 2. The van der Waals surface area contributed by atoms with Gasteiger partial charge in [0.2, 0.25) is 21.8 Å². The molecule has 9 heteroatoms. The number of hydrogen-bond acceptors (Lipinski definition) is 5. The fourth-order valence-electron chi connectivity index (χ4n) is 3.87. The maximum absolute atomic E-state index is 13.4. The van der Waals surface area contributed by atoms with Crippen LogP contribution in [0.2, 0.25) is 0 Å². The molecule has 1 N–H and O–H groups in total. The standard InChI is InChI=1S/C24H31N3O5S/c1-5-32-21-9-7-6-8-20(21)15-27-22(28)16-26(33(4,30)31)17-24(27,3)23(29)25-14-19-12-10-18(2)11-13-19/h6-13H,5,14-17H2,1-4H3,(H,25,29)/t24-/m0/s1. The maximum Gasteiger partial charge on any atom is 0.247 e. The third-order valence-corrected chi connectivity index (χ3v) is 7.02. The number of nitrogens with zero attached hydrogens (tertiary/aromatic N) is 2. The zero-order chi connectivity index (χ0) is 24.2. The molecule has 8 nitrogen and oxygen atoms in total. The van der Waals surface area contributed by atoms with Gasteiger partial charge in [0.15, 0.2) is 0 Å². The molecule has 2 aromatic rings. The number of para-hydroxylation sites is 1. The van der Waals surface area contributed by atoms with Gasteiger partial charge in [-0.15, -0.1) is 0 Å². The maximum atomic E-state index is 13.4. The minimum absolute atomic E-state index is 0.126. The van der Waals surface area contributed by atoms with Gasteiger partial charge in [-0.1, -0.05) is 48.0 Å². The van der Waals surface area contributed by atoms with E-state index < -0.39 is 27.4 Å². The van der Waals surface area contributed by atoms with Crippen molar-refractivity contribution in [2.45, 2.75) is 39.4 Å². The van der Waals surface area contributed by atoms with Crippen LogP contribution in [0.5, 0.6) is 5.75 Å². The average Bonchev–Trinajstić information content (AvgIpc) is 2.76. The lowest BCUT2D eigenvalue weighted by Gasteiger charge is -2.46. The second-order valence-corrected chi connectivity index (χ2v) is 10.5. The van der Waals surface area contributed by atoms with Gasteiger partial charge in [-0.05, 0) is 32.4 Å². The van der Waals surface area contributed by atoms with Gasteiger partial charge in [0, 0.05) is 18.7 Å². The molecule has 1 aliphatic rings. The number of benzene rings is 2. The van der Waals surface area contributed by atoms with E-state index in [1.54, 1.807) is 6.92 Å². The van der Waals surface area contributed by atoms with Crippen LogP contribution >= 0.6 is 0 Å². The number of nitrogens with one attached hydrogen (secondary N) is 1. The van der Waals surface area contributed by atoms with Crippen LogP contribution in [0.1, 0.15) is 30.5 Å². The van der Waals surface area contributed by atoms with Crippen LogP contribution < -0.4 is 10.1 Å². The summed E-state index contributed by atoms with van der Waals surface area (Å²) >= 11 is 0. The number of hydrogen-bond donors (Lipinski definition) is 1. The minimum atomic E-state index is -3.67. The van der Waals surface area contributed by atoms with Crippen molar-refractivity contribution in [3.63, 3.8) is 0 Å². The van der Waals surface area contributed by atoms with Crippen LogP contribution in [0.25, 0.3) is 0 Å². The highest BCUT2D eigenvalue weighted by molar-refractivity contribution is 7.88. The van der Waals surface area contributed by atoms with Crippen LogP contribution in [0, 0.1) is 6.92 Å². The summed E-state index contributed by atoms with van der Waals surface area (Å²) in [4.78, 5) is 28.0. The van der Waals surface area contributed by atoms with Crippen molar-refractivity contribution in [1.82, 2.24) is 14.5 Å². The predicted octanol–water partition coefficient (Wildman–Crippen LogP) is 2.07. The predicted molar refractivity (Wildman–Crippen MR) is 126 cm³/mol. The number of sulfonamides is 1. The zero-order valence-corrected chi connectivity index (χ0v) is 20.3. The van der Waals surface area contributed by atoms with E-state index in [1.165, 1.54) is 4.90 Å². The normalized spacial score (nSPS) is 19.4. The van der Waals surface area contributed by atoms with E-state index in [1.807, 2.05) is 62.4 Å². The number of piperazine rings is 1. The smallest absolute Gasteiger partial charge is 0.247 e. The highest BCUT2D eigenvalue weighted by Crippen LogP contribution is 2.29. The molecule has 1 aliphatic heterocycles. The Bertz CT molecular complexity index is 1120. The van der Waals surface area contributed by atoms with Gasteiger partial charge < -0.3 is 15.0 Å². The molecule has 3 rings (SSSR count). The molecule has 0 aliphatic carbocycles. The van der Waals surface area contributed by atoms with Gasteiger partial charge in [0.05, 0.1) is 26.0 Å². The summed E-state index contributed by atoms with van der Waals surface area (Å²) in [6.07, 6.45) is 1.05. The summed E-state index contributed by atoms with van der Waals surface area (Å²) in [5.74, 6) is -0.231. The summed E-state index contributed by atoms with van der Waals surface area (Å²) < 4.78 is 31.3. The molecule has 0 aromatic heterocycles. The molecule has 0 bridgehead atoms. The molecule has 1 heterocycles. The van der Waals surface area contributed by atoms with Gasteiger partial charge in [-0.25, -0.2) is 8.42 Å². The fraction of sp³-hybridized carbons (Fsp3) is 0.417. The SMILES string of the molecule is CCOc1ccccc1CN1C(=O)CN(S(C)(=O)=O)C[C@@]1(C)C(=O)NCc1ccc(C)cc1. The molecule has 33 heavy (non-hydrogen) atoms. The molecule has 178 valence electrons. The van der Waals surface area contributed by atoms with Gasteiger partial charge in [0.25, 0.3) is 0 Å². The van der Waals surface area contributed by atoms with Crippen LogP contribution in [0.15, 0.2) is 48.5 Å². The first-order chi connectivity index (χ1) is 15.5. The van der Waals surface area contributed by atoms with Crippen molar-refractivity contribution in [3.8, 4) is 5.75 Å². The van der Waals surface area contributed by atoms with Crippen molar-refractivity contribution in [2.24, 2.45) is 0 Å². The number of carbonyl (C=O) groups is 2. The van der Waals surface area contributed by atoms with Crippen molar-refractivity contribution in [1.29, 1.82) is 0 Å². The van der Waals surface area contributed by atoms with Crippen molar-refractivity contribution < 1.29 is 22.7 Å². The lowest BCUT2D eigenvalue weighted by molar-refractivity contribution is -0.153. The summed E-state index contributed by atoms with van der Waals surface area (Å²) in [6.45, 7) is 5.87. The molecule has 1 saturated heterocycles. The van der Waals surface area contributed by atoms with Crippen molar-refractivity contribution >= 4 is 21.8 Å². The van der Waals surface area contributed by atoms with Crippen molar-refractivity contribution in [2.75, 3.05) is 26.0 Å². The second kappa shape index (κ2) is 9.93. The van der Waals surface area contributed by atoms with Crippen LogP contribution in [-0.4, -0.2) is 60.9 Å². The number of amides is 2. The number of aryl methyl sites for hydroxylation is 1. The van der Waals surface area contributed by atoms with Gasteiger partial charge >= 0.3 is 0 Å². The quantitative estimate of drug-likeness (QED) is 0.633. The molecule has 1 atom stereocenters. The molecule has 0 radical (unpaired) electrons.